The number of aryl methyl sites for hydroxylation is 1. The van der Waals surface area contributed by atoms with Gasteiger partial charge in [-0.25, -0.2) is 0 Å². The van der Waals surface area contributed by atoms with Gasteiger partial charge in [0.25, 0.3) is 0 Å². The normalized spacial score (nSPS) is 12.4. The van der Waals surface area contributed by atoms with Gasteiger partial charge in [-0.15, -0.1) is 0 Å². The molecule has 0 saturated carbocycles. The van der Waals surface area contributed by atoms with Crippen LogP contribution >= 0.6 is 0 Å². The summed E-state index contributed by atoms with van der Waals surface area (Å²) in [5.74, 6) is 0. The molecule has 0 aliphatic carbocycles. The van der Waals surface area contributed by atoms with Gasteiger partial charge in [-0.3, -0.25) is 4.98 Å². The Kier molecular flexibility index (Phi) is 5.92. The maximum Gasteiger partial charge on any atom is 0.0579 e. The van der Waals surface area contributed by atoms with Gasteiger partial charge in [-0.2, -0.15) is 0 Å². The maximum atomic E-state index is 4.61. The van der Waals surface area contributed by atoms with Crippen LogP contribution in [0.25, 0.3) is 0 Å². The van der Waals surface area contributed by atoms with E-state index in [0.717, 1.165) is 37.2 Å². The van der Waals surface area contributed by atoms with Gasteiger partial charge < -0.3 is 5.32 Å². The topological polar surface area (TPSA) is 24.9 Å². The van der Waals surface area contributed by atoms with Gasteiger partial charge in [0, 0.05) is 5.69 Å². The second-order valence-electron chi connectivity index (χ2n) is 4.52. The van der Waals surface area contributed by atoms with E-state index in [2.05, 4.69) is 42.9 Å². The molecule has 0 bridgehead atoms. The smallest absolute Gasteiger partial charge is 0.0579 e. The van der Waals surface area contributed by atoms with Crippen LogP contribution in [0.2, 0.25) is 0 Å². The van der Waals surface area contributed by atoms with Crippen molar-refractivity contribution in [3.8, 4) is 0 Å². The molecular formula is C15H24N2. The van der Waals surface area contributed by atoms with Crippen molar-refractivity contribution in [2.75, 3.05) is 6.54 Å². The van der Waals surface area contributed by atoms with Gasteiger partial charge >= 0.3 is 0 Å². The fraction of sp³-hybridized carbons (Fsp3) is 0.533. The van der Waals surface area contributed by atoms with E-state index >= 15 is 0 Å². The number of pyridine rings is 1. The zero-order valence-electron chi connectivity index (χ0n) is 11.3. The van der Waals surface area contributed by atoms with Crippen LogP contribution < -0.4 is 5.32 Å². The Balaban J connectivity index is 2.77. The Morgan fingerprint density at radius 2 is 2.18 bits per heavy atom. The van der Waals surface area contributed by atoms with E-state index in [9.17, 15) is 0 Å². The molecule has 0 aromatic carbocycles. The zero-order chi connectivity index (χ0) is 12.7. The lowest BCUT2D eigenvalue weighted by Gasteiger charge is -2.19. The average Bonchev–Trinajstić information content (AvgIpc) is 2.34. The van der Waals surface area contributed by atoms with Gasteiger partial charge in [0.15, 0.2) is 0 Å². The average molecular weight is 232 g/mol. The van der Waals surface area contributed by atoms with Crippen LogP contribution in [0.5, 0.6) is 0 Å². The summed E-state index contributed by atoms with van der Waals surface area (Å²) in [5, 5.41) is 3.55. The van der Waals surface area contributed by atoms with Crippen molar-refractivity contribution in [3.63, 3.8) is 0 Å². The van der Waals surface area contributed by atoms with Crippen molar-refractivity contribution >= 4 is 0 Å². The lowest BCUT2D eigenvalue weighted by atomic mass is 10.0. The molecule has 0 aliphatic rings. The summed E-state index contributed by atoms with van der Waals surface area (Å²) < 4.78 is 0. The number of aromatic nitrogens is 1. The van der Waals surface area contributed by atoms with E-state index < -0.39 is 0 Å². The first-order valence-corrected chi connectivity index (χ1v) is 6.51. The Hall–Kier alpha value is -1.15. The Morgan fingerprint density at radius 3 is 2.76 bits per heavy atom. The number of rotatable bonds is 7. The van der Waals surface area contributed by atoms with Crippen molar-refractivity contribution in [2.24, 2.45) is 0 Å². The predicted molar refractivity (Wildman–Crippen MR) is 74.1 cm³/mol. The molecule has 1 unspecified atom stereocenters. The first-order chi connectivity index (χ1) is 8.17. The Labute approximate surface area is 105 Å². The molecule has 94 valence electrons. The van der Waals surface area contributed by atoms with E-state index in [0.29, 0.717) is 6.04 Å². The van der Waals surface area contributed by atoms with Crippen LogP contribution in [0.1, 0.15) is 50.5 Å². The lowest BCUT2D eigenvalue weighted by molar-refractivity contribution is 0.511. The van der Waals surface area contributed by atoms with E-state index in [1.54, 1.807) is 0 Å². The second kappa shape index (κ2) is 7.23. The Morgan fingerprint density at radius 1 is 1.41 bits per heavy atom. The van der Waals surface area contributed by atoms with E-state index in [-0.39, 0.29) is 0 Å². The standard InChI is InChI=1S/C15H24N2/c1-5-10-16-15(11-12(3)6-2)14-9-7-8-13(4)17-14/h7-9,15-16H,3,5-6,10-11H2,1-2,4H3. The minimum atomic E-state index is 0.308. The fourth-order valence-electron chi connectivity index (χ4n) is 1.79. The highest BCUT2D eigenvalue weighted by atomic mass is 14.9. The molecule has 0 aliphatic heterocycles. The minimum Gasteiger partial charge on any atom is -0.308 e. The molecule has 0 saturated heterocycles. The molecule has 1 rings (SSSR count). The molecule has 2 nitrogen and oxygen atoms in total. The van der Waals surface area contributed by atoms with Crippen LogP contribution in [0.15, 0.2) is 30.4 Å². The van der Waals surface area contributed by atoms with Gasteiger partial charge in [-0.1, -0.05) is 32.1 Å². The third-order valence-corrected chi connectivity index (χ3v) is 2.90. The van der Waals surface area contributed by atoms with E-state index in [1.807, 2.05) is 13.0 Å². The summed E-state index contributed by atoms with van der Waals surface area (Å²) in [6.07, 6.45) is 3.16. The molecular weight excluding hydrogens is 208 g/mol. The Bertz CT molecular complexity index is 358. The summed E-state index contributed by atoms with van der Waals surface area (Å²) in [4.78, 5) is 4.61. The molecule has 2 heteroatoms. The summed E-state index contributed by atoms with van der Waals surface area (Å²) in [6.45, 7) is 11.5. The van der Waals surface area contributed by atoms with Crippen LogP contribution in [0.4, 0.5) is 0 Å². The van der Waals surface area contributed by atoms with Crippen LogP contribution in [0, 0.1) is 6.92 Å². The predicted octanol–water partition coefficient (Wildman–Crippen LogP) is 3.79. The van der Waals surface area contributed by atoms with Gasteiger partial charge in [0.1, 0.15) is 0 Å². The quantitative estimate of drug-likeness (QED) is 0.724. The van der Waals surface area contributed by atoms with Gasteiger partial charge in [-0.05, 0) is 44.9 Å². The fourth-order valence-corrected chi connectivity index (χ4v) is 1.79. The van der Waals surface area contributed by atoms with Crippen molar-refractivity contribution in [2.45, 2.75) is 46.1 Å². The summed E-state index contributed by atoms with van der Waals surface area (Å²) in [6, 6.07) is 6.52. The maximum absolute atomic E-state index is 4.61. The van der Waals surface area contributed by atoms with Crippen LogP contribution in [0.3, 0.4) is 0 Å². The minimum absolute atomic E-state index is 0.308. The first-order valence-electron chi connectivity index (χ1n) is 6.51. The van der Waals surface area contributed by atoms with Crippen LogP contribution in [-0.2, 0) is 0 Å². The molecule has 1 atom stereocenters. The number of hydrogen-bond acceptors (Lipinski definition) is 2. The lowest BCUT2D eigenvalue weighted by Crippen LogP contribution is -2.23. The zero-order valence-corrected chi connectivity index (χ0v) is 11.3. The molecule has 0 spiro atoms. The molecule has 0 radical (unpaired) electrons. The third-order valence-electron chi connectivity index (χ3n) is 2.90. The summed E-state index contributed by atoms with van der Waals surface area (Å²) in [7, 11) is 0. The largest absolute Gasteiger partial charge is 0.308 e. The molecule has 0 fully saturated rings. The third kappa shape index (κ3) is 4.70. The molecule has 1 aromatic rings. The van der Waals surface area contributed by atoms with Crippen molar-refractivity contribution in [1.29, 1.82) is 0 Å². The van der Waals surface area contributed by atoms with Crippen molar-refractivity contribution in [1.82, 2.24) is 10.3 Å². The number of nitrogens with one attached hydrogen (secondary N) is 1. The number of nitrogens with zero attached hydrogens (tertiary/aromatic N) is 1. The molecule has 17 heavy (non-hydrogen) atoms. The molecule has 1 N–H and O–H groups in total. The van der Waals surface area contributed by atoms with Gasteiger partial charge in [0.05, 0.1) is 11.7 Å². The summed E-state index contributed by atoms with van der Waals surface area (Å²) in [5.41, 5.74) is 3.49. The van der Waals surface area contributed by atoms with Gasteiger partial charge in [0.2, 0.25) is 0 Å². The van der Waals surface area contributed by atoms with Crippen LogP contribution in [-0.4, -0.2) is 11.5 Å². The highest BCUT2D eigenvalue weighted by Gasteiger charge is 2.12. The SMILES string of the molecule is C=C(CC)CC(NCCC)c1cccc(C)n1. The first kappa shape index (κ1) is 13.9. The highest BCUT2D eigenvalue weighted by molar-refractivity contribution is 5.15. The molecule has 1 aromatic heterocycles. The highest BCUT2D eigenvalue weighted by Crippen LogP contribution is 2.20. The summed E-state index contributed by atoms with van der Waals surface area (Å²) >= 11 is 0. The molecule has 1 heterocycles. The second-order valence-corrected chi connectivity index (χ2v) is 4.52. The van der Waals surface area contributed by atoms with Crippen molar-refractivity contribution < 1.29 is 0 Å². The van der Waals surface area contributed by atoms with E-state index in [1.165, 1.54) is 5.57 Å². The number of hydrogen-bond donors (Lipinski definition) is 1. The van der Waals surface area contributed by atoms with E-state index in [4.69, 9.17) is 0 Å². The monoisotopic (exact) mass is 232 g/mol. The molecule has 0 amide bonds. The van der Waals surface area contributed by atoms with Crippen molar-refractivity contribution in [3.05, 3.63) is 41.7 Å².